The van der Waals surface area contributed by atoms with Gasteiger partial charge in [-0.15, -0.1) is 0 Å². The van der Waals surface area contributed by atoms with Crippen LogP contribution in [0.5, 0.6) is 0 Å². The Balaban J connectivity index is 2.37. The number of nitrogens with one attached hydrogen (secondary N) is 1. The fourth-order valence-corrected chi connectivity index (χ4v) is 2.25. The SMILES string of the molecule is Cc1cc2nc3ccc(=N)cc-3oc2cc1N(C)C. The quantitative estimate of drug-likeness (QED) is 0.678. The lowest BCUT2D eigenvalue weighted by Crippen LogP contribution is -2.10. The first kappa shape index (κ1) is 11.7. The zero-order chi connectivity index (χ0) is 13.6. The molecule has 0 radical (unpaired) electrons. The molecule has 1 heterocycles. The van der Waals surface area contributed by atoms with Crippen LogP contribution in [0.15, 0.2) is 34.7 Å². The molecule has 0 bridgehead atoms. The van der Waals surface area contributed by atoms with Crippen LogP contribution >= 0.6 is 0 Å². The van der Waals surface area contributed by atoms with E-state index in [1.165, 1.54) is 0 Å². The van der Waals surface area contributed by atoms with Crippen LogP contribution in [0, 0.1) is 12.3 Å². The van der Waals surface area contributed by atoms with Gasteiger partial charge in [0.1, 0.15) is 11.2 Å². The maximum absolute atomic E-state index is 7.63. The normalized spacial score (nSPS) is 11.1. The first-order chi connectivity index (χ1) is 9.04. The maximum atomic E-state index is 7.63. The number of benzene rings is 2. The minimum absolute atomic E-state index is 0.428. The Morgan fingerprint density at radius 2 is 1.95 bits per heavy atom. The van der Waals surface area contributed by atoms with Gasteiger partial charge in [-0.3, -0.25) is 0 Å². The molecular weight excluding hydrogens is 238 g/mol. The second-order valence-electron chi connectivity index (χ2n) is 4.90. The van der Waals surface area contributed by atoms with E-state index in [9.17, 15) is 0 Å². The van der Waals surface area contributed by atoms with Crippen molar-refractivity contribution >= 4 is 16.8 Å². The highest BCUT2D eigenvalue weighted by molar-refractivity contribution is 5.81. The minimum Gasteiger partial charge on any atom is -0.453 e. The van der Waals surface area contributed by atoms with E-state index in [1.807, 2.05) is 32.3 Å². The van der Waals surface area contributed by atoms with Crippen molar-refractivity contribution in [2.45, 2.75) is 6.92 Å². The van der Waals surface area contributed by atoms with Gasteiger partial charge in [-0.1, -0.05) is 0 Å². The summed E-state index contributed by atoms with van der Waals surface area (Å²) in [6, 6.07) is 9.25. The Morgan fingerprint density at radius 3 is 2.68 bits per heavy atom. The Morgan fingerprint density at radius 1 is 1.16 bits per heavy atom. The van der Waals surface area contributed by atoms with E-state index in [-0.39, 0.29) is 0 Å². The zero-order valence-corrected chi connectivity index (χ0v) is 11.2. The van der Waals surface area contributed by atoms with Crippen LogP contribution < -0.4 is 10.3 Å². The van der Waals surface area contributed by atoms with Crippen molar-refractivity contribution in [1.29, 1.82) is 5.41 Å². The van der Waals surface area contributed by atoms with Crippen LogP contribution in [0.4, 0.5) is 5.69 Å². The van der Waals surface area contributed by atoms with Crippen LogP contribution in [-0.2, 0) is 0 Å². The molecule has 0 spiro atoms. The van der Waals surface area contributed by atoms with Gasteiger partial charge >= 0.3 is 0 Å². The van der Waals surface area contributed by atoms with Crippen molar-refractivity contribution in [3.05, 3.63) is 41.3 Å². The molecule has 1 aliphatic carbocycles. The van der Waals surface area contributed by atoms with Crippen molar-refractivity contribution < 1.29 is 4.42 Å². The van der Waals surface area contributed by atoms with Crippen LogP contribution in [0.25, 0.3) is 22.6 Å². The predicted octanol–water partition coefficient (Wildman–Crippen LogP) is 2.79. The Bertz CT molecular complexity index is 789. The van der Waals surface area contributed by atoms with Gasteiger partial charge in [-0.2, -0.15) is 0 Å². The second kappa shape index (κ2) is 4.09. The van der Waals surface area contributed by atoms with E-state index in [4.69, 9.17) is 9.83 Å². The Hall–Kier alpha value is -2.36. The fraction of sp³-hybridized carbons (Fsp3) is 0.200. The average Bonchev–Trinajstić information content (AvgIpc) is 2.35. The topological polar surface area (TPSA) is 53.1 Å². The van der Waals surface area contributed by atoms with Gasteiger partial charge in [0.2, 0.25) is 0 Å². The van der Waals surface area contributed by atoms with E-state index in [2.05, 4.69) is 16.8 Å². The number of aryl methyl sites for hydroxylation is 1. The van der Waals surface area contributed by atoms with Crippen LogP contribution in [0.3, 0.4) is 0 Å². The number of rotatable bonds is 1. The van der Waals surface area contributed by atoms with Crippen molar-refractivity contribution in [2.24, 2.45) is 0 Å². The summed E-state index contributed by atoms with van der Waals surface area (Å²) in [6.07, 6.45) is 0. The van der Waals surface area contributed by atoms with Gasteiger partial charge < -0.3 is 14.7 Å². The van der Waals surface area contributed by atoms with E-state index in [0.717, 1.165) is 28.0 Å². The lowest BCUT2D eigenvalue weighted by atomic mass is 10.1. The molecule has 0 amide bonds. The molecule has 4 nitrogen and oxygen atoms in total. The monoisotopic (exact) mass is 253 g/mol. The summed E-state index contributed by atoms with van der Waals surface area (Å²) in [5.74, 6) is 0.647. The summed E-state index contributed by atoms with van der Waals surface area (Å²) in [4.78, 5) is 6.64. The van der Waals surface area contributed by atoms with Gasteiger partial charge in [-0.25, -0.2) is 4.98 Å². The van der Waals surface area contributed by atoms with E-state index < -0.39 is 0 Å². The molecule has 0 fully saturated rings. The first-order valence-corrected chi connectivity index (χ1v) is 6.12. The highest BCUT2D eigenvalue weighted by atomic mass is 16.3. The summed E-state index contributed by atoms with van der Waals surface area (Å²) < 4.78 is 5.86. The first-order valence-electron chi connectivity index (χ1n) is 6.12. The molecule has 1 aliphatic heterocycles. The number of anilines is 1. The Kier molecular flexibility index (Phi) is 2.52. The van der Waals surface area contributed by atoms with Gasteiger partial charge in [0, 0.05) is 31.9 Å². The van der Waals surface area contributed by atoms with E-state index in [0.29, 0.717) is 11.1 Å². The highest BCUT2D eigenvalue weighted by Crippen LogP contribution is 2.28. The molecule has 1 aromatic rings. The molecule has 0 aromatic heterocycles. The number of fused-ring (bicyclic) bond motifs is 2. The second-order valence-corrected chi connectivity index (χ2v) is 4.90. The van der Waals surface area contributed by atoms with Crippen molar-refractivity contribution in [1.82, 2.24) is 4.98 Å². The molecule has 3 rings (SSSR count). The summed E-state index contributed by atoms with van der Waals surface area (Å²) in [5, 5.41) is 8.06. The standard InChI is InChI=1S/C15H15N3O/c1-9-6-12-15(8-13(9)18(2)3)19-14-7-10(16)4-5-11(14)17-12/h4-8,16H,1-3H3. The number of hydrogen-bond acceptors (Lipinski definition) is 4. The predicted molar refractivity (Wildman–Crippen MR) is 75.5 cm³/mol. The molecular formula is C15H15N3O. The lowest BCUT2D eigenvalue weighted by molar-refractivity contribution is 0.612. The highest BCUT2D eigenvalue weighted by Gasteiger charge is 2.11. The third-order valence-electron chi connectivity index (χ3n) is 3.18. The third kappa shape index (κ3) is 1.95. The van der Waals surface area contributed by atoms with Crippen LogP contribution in [0.2, 0.25) is 0 Å². The lowest BCUT2D eigenvalue weighted by Gasteiger charge is -2.16. The molecule has 2 aliphatic rings. The van der Waals surface area contributed by atoms with Gasteiger partial charge in [0.15, 0.2) is 11.3 Å². The smallest absolute Gasteiger partial charge is 0.155 e. The number of hydrogen-bond donors (Lipinski definition) is 1. The summed E-state index contributed by atoms with van der Waals surface area (Å²) >= 11 is 0. The largest absolute Gasteiger partial charge is 0.453 e. The van der Waals surface area contributed by atoms with Gasteiger partial charge in [-0.05, 0) is 30.7 Å². The molecule has 4 heteroatoms. The Labute approximate surface area is 111 Å². The molecule has 0 saturated heterocycles. The van der Waals surface area contributed by atoms with Crippen molar-refractivity contribution in [2.75, 3.05) is 19.0 Å². The summed E-state index contributed by atoms with van der Waals surface area (Å²) in [5.41, 5.74) is 4.64. The third-order valence-corrected chi connectivity index (χ3v) is 3.18. The maximum Gasteiger partial charge on any atom is 0.155 e. The fourth-order valence-electron chi connectivity index (χ4n) is 2.25. The summed E-state index contributed by atoms with van der Waals surface area (Å²) in [7, 11) is 4.01. The average molecular weight is 253 g/mol. The van der Waals surface area contributed by atoms with Gasteiger partial charge in [0.25, 0.3) is 0 Å². The molecule has 19 heavy (non-hydrogen) atoms. The number of aromatic nitrogens is 1. The molecule has 96 valence electrons. The van der Waals surface area contributed by atoms with Crippen LogP contribution in [0.1, 0.15) is 5.56 Å². The molecule has 0 unspecified atom stereocenters. The zero-order valence-electron chi connectivity index (χ0n) is 11.2. The van der Waals surface area contributed by atoms with E-state index >= 15 is 0 Å². The summed E-state index contributed by atoms with van der Waals surface area (Å²) in [6.45, 7) is 2.06. The molecule has 1 aromatic carbocycles. The molecule has 1 N–H and O–H groups in total. The molecule has 0 atom stereocenters. The van der Waals surface area contributed by atoms with Crippen molar-refractivity contribution in [3.63, 3.8) is 0 Å². The van der Waals surface area contributed by atoms with Gasteiger partial charge in [0.05, 0.1) is 5.36 Å². The number of nitrogens with zero attached hydrogens (tertiary/aromatic N) is 2. The minimum atomic E-state index is 0.428. The van der Waals surface area contributed by atoms with E-state index in [1.54, 1.807) is 12.1 Å². The van der Waals surface area contributed by atoms with Crippen LogP contribution in [-0.4, -0.2) is 19.1 Å². The van der Waals surface area contributed by atoms with Crippen molar-refractivity contribution in [3.8, 4) is 11.5 Å². The molecule has 0 saturated carbocycles.